The third-order valence-corrected chi connectivity index (χ3v) is 4.78. The van der Waals surface area contributed by atoms with Gasteiger partial charge in [0.2, 0.25) is 0 Å². The van der Waals surface area contributed by atoms with Gasteiger partial charge in [0.1, 0.15) is 6.17 Å². The number of hydrogen-bond donors (Lipinski definition) is 3. The molecule has 27 heavy (non-hydrogen) atoms. The van der Waals surface area contributed by atoms with Gasteiger partial charge in [-0.2, -0.15) is 12.6 Å². The van der Waals surface area contributed by atoms with E-state index in [1.165, 1.54) is 11.1 Å². The van der Waals surface area contributed by atoms with E-state index >= 15 is 0 Å². The second-order valence-electron chi connectivity index (χ2n) is 6.87. The summed E-state index contributed by atoms with van der Waals surface area (Å²) in [5.74, 6) is 0.515. The highest BCUT2D eigenvalue weighted by Crippen LogP contribution is 2.19. The van der Waals surface area contributed by atoms with Crippen molar-refractivity contribution in [1.29, 1.82) is 0 Å². The zero-order valence-electron chi connectivity index (χ0n) is 16.4. The van der Waals surface area contributed by atoms with E-state index < -0.39 is 0 Å². The molecular weight excluding hydrogens is 350 g/mol. The van der Waals surface area contributed by atoms with Crippen LogP contribution in [0.1, 0.15) is 29.2 Å². The Kier molecular flexibility index (Phi) is 7.45. The molecule has 2 rings (SSSR count). The standard InChI is InChI=1S/C23H29N3S/c1-15(2)23(25-18(5)21(24)14-27)26-22(19-9-7-6-8-10-19)20-13-16(3)11-12-17(20)4/h6-13,21,23,25,27H,1,5,14,24H2,2-4H3/b26-22-. The summed E-state index contributed by atoms with van der Waals surface area (Å²) in [6.45, 7) is 14.3. The van der Waals surface area contributed by atoms with Crippen molar-refractivity contribution in [3.63, 3.8) is 0 Å². The lowest BCUT2D eigenvalue weighted by atomic mass is 9.96. The number of thiol groups is 1. The average molecular weight is 380 g/mol. The summed E-state index contributed by atoms with van der Waals surface area (Å²) in [7, 11) is 0. The Balaban J connectivity index is 2.55. The number of aliphatic imine (C=N–C) groups is 1. The van der Waals surface area contributed by atoms with Gasteiger partial charge in [0.15, 0.2) is 0 Å². The van der Waals surface area contributed by atoms with E-state index in [9.17, 15) is 0 Å². The summed E-state index contributed by atoms with van der Waals surface area (Å²) >= 11 is 4.25. The molecule has 2 aromatic rings. The molecule has 0 radical (unpaired) electrons. The molecule has 0 saturated carbocycles. The predicted molar refractivity (Wildman–Crippen MR) is 121 cm³/mol. The molecule has 2 atom stereocenters. The van der Waals surface area contributed by atoms with E-state index in [1.54, 1.807) is 0 Å². The van der Waals surface area contributed by atoms with Gasteiger partial charge in [0.25, 0.3) is 0 Å². The van der Waals surface area contributed by atoms with Crippen LogP contribution in [0.15, 0.2) is 78.0 Å². The molecule has 2 aromatic carbocycles. The van der Waals surface area contributed by atoms with Gasteiger partial charge in [-0.1, -0.05) is 61.2 Å². The highest BCUT2D eigenvalue weighted by molar-refractivity contribution is 7.80. The van der Waals surface area contributed by atoms with Crippen molar-refractivity contribution < 1.29 is 0 Å². The van der Waals surface area contributed by atoms with Crippen LogP contribution in [0, 0.1) is 13.8 Å². The van der Waals surface area contributed by atoms with E-state index in [0.29, 0.717) is 11.4 Å². The Hall–Kier alpha value is -2.30. The predicted octanol–water partition coefficient (Wildman–Crippen LogP) is 4.40. The van der Waals surface area contributed by atoms with Crippen molar-refractivity contribution in [3.05, 3.63) is 95.2 Å². The Morgan fingerprint density at radius 1 is 1.15 bits per heavy atom. The van der Waals surface area contributed by atoms with Crippen molar-refractivity contribution >= 4 is 18.3 Å². The normalized spacial score (nSPS) is 13.7. The van der Waals surface area contributed by atoms with Crippen LogP contribution in [-0.4, -0.2) is 23.7 Å². The summed E-state index contributed by atoms with van der Waals surface area (Å²) in [4.78, 5) is 5.04. The van der Waals surface area contributed by atoms with Crippen molar-refractivity contribution in [3.8, 4) is 0 Å². The molecule has 0 aliphatic carbocycles. The van der Waals surface area contributed by atoms with Crippen LogP contribution in [0.25, 0.3) is 0 Å². The van der Waals surface area contributed by atoms with Gasteiger partial charge in [-0.3, -0.25) is 4.99 Å². The van der Waals surface area contributed by atoms with Gasteiger partial charge in [0.05, 0.1) is 11.8 Å². The quantitative estimate of drug-likeness (QED) is 0.362. The molecule has 0 spiro atoms. The summed E-state index contributed by atoms with van der Waals surface area (Å²) in [5.41, 5.74) is 13.1. The van der Waals surface area contributed by atoms with Gasteiger partial charge >= 0.3 is 0 Å². The monoisotopic (exact) mass is 379 g/mol. The molecule has 0 amide bonds. The highest BCUT2D eigenvalue weighted by Gasteiger charge is 2.16. The summed E-state index contributed by atoms with van der Waals surface area (Å²) in [6.07, 6.45) is -0.321. The van der Waals surface area contributed by atoms with Crippen molar-refractivity contribution in [1.82, 2.24) is 5.32 Å². The molecule has 4 heteroatoms. The highest BCUT2D eigenvalue weighted by atomic mass is 32.1. The Morgan fingerprint density at radius 2 is 1.81 bits per heavy atom. The van der Waals surface area contributed by atoms with Gasteiger partial charge in [-0.25, -0.2) is 0 Å². The molecule has 3 nitrogen and oxygen atoms in total. The molecule has 0 aliphatic rings. The summed E-state index contributed by atoms with van der Waals surface area (Å²) in [6, 6.07) is 16.4. The van der Waals surface area contributed by atoms with E-state index in [-0.39, 0.29) is 12.2 Å². The Morgan fingerprint density at radius 3 is 2.41 bits per heavy atom. The number of rotatable bonds is 8. The van der Waals surface area contributed by atoms with Crippen LogP contribution in [0.3, 0.4) is 0 Å². The number of nitrogens with zero attached hydrogens (tertiary/aromatic N) is 1. The zero-order valence-corrected chi connectivity index (χ0v) is 17.3. The minimum atomic E-state index is -0.321. The molecule has 0 fully saturated rings. The average Bonchev–Trinajstić information content (AvgIpc) is 2.66. The number of benzene rings is 2. The smallest absolute Gasteiger partial charge is 0.140 e. The van der Waals surface area contributed by atoms with Crippen LogP contribution in [0.2, 0.25) is 0 Å². The lowest BCUT2D eigenvalue weighted by molar-refractivity contribution is 0.628. The maximum Gasteiger partial charge on any atom is 0.140 e. The summed E-state index contributed by atoms with van der Waals surface area (Å²) in [5, 5.41) is 3.32. The maximum atomic E-state index is 6.05. The second kappa shape index (κ2) is 9.58. The van der Waals surface area contributed by atoms with Crippen molar-refractivity contribution in [2.24, 2.45) is 10.7 Å². The largest absolute Gasteiger partial charge is 0.363 e. The minimum Gasteiger partial charge on any atom is -0.363 e. The third-order valence-electron chi connectivity index (χ3n) is 4.39. The first-order chi connectivity index (χ1) is 12.8. The van der Waals surface area contributed by atoms with E-state index in [4.69, 9.17) is 10.7 Å². The number of nitrogens with two attached hydrogens (primary N) is 1. The molecule has 0 bridgehead atoms. The first-order valence-electron chi connectivity index (χ1n) is 9.01. The third kappa shape index (κ3) is 5.59. The van der Waals surface area contributed by atoms with Crippen LogP contribution in [0.5, 0.6) is 0 Å². The molecule has 2 unspecified atom stereocenters. The molecule has 3 N–H and O–H groups in total. The molecule has 0 saturated heterocycles. The van der Waals surface area contributed by atoms with Crippen LogP contribution >= 0.6 is 12.6 Å². The second-order valence-corrected chi connectivity index (χ2v) is 7.23. The van der Waals surface area contributed by atoms with Crippen molar-refractivity contribution in [2.75, 3.05) is 5.75 Å². The lowest BCUT2D eigenvalue weighted by Crippen LogP contribution is -2.38. The topological polar surface area (TPSA) is 50.4 Å². The Labute approximate surface area is 168 Å². The first-order valence-corrected chi connectivity index (χ1v) is 9.64. The number of nitrogens with one attached hydrogen (secondary N) is 1. The lowest BCUT2D eigenvalue weighted by Gasteiger charge is -2.23. The summed E-state index contributed by atoms with van der Waals surface area (Å²) < 4.78 is 0. The molecular formula is C23H29N3S. The maximum absolute atomic E-state index is 6.05. The Bertz CT molecular complexity index is 840. The van der Waals surface area contributed by atoms with Crippen LogP contribution < -0.4 is 11.1 Å². The van der Waals surface area contributed by atoms with Gasteiger partial charge < -0.3 is 11.1 Å². The molecule has 142 valence electrons. The fourth-order valence-corrected chi connectivity index (χ4v) is 2.89. The fraction of sp³-hybridized carbons (Fsp3) is 0.261. The van der Waals surface area contributed by atoms with E-state index in [0.717, 1.165) is 22.4 Å². The number of aryl methyl sites for hydroxylation is 2. The van der Waals surface area contributed by atoms with Gasteiger partial charge in [-0.05, 0) is 38.0 Å². The minimum absolute atomic E-state index is 0.244. The zero-order chi connectivity index (χ0) is 20.0. The van der Waals surface area contributed by atoms with Gasteiger partial charge in [0, 0.05) is 22.6 Å². The van der Waals surface area contributed by atoms with Crippen molar-refractivity contribution in [2.45, 2.75) is 33.0 Å². The van der Waals surface area contributed by atoms with E-state index in [1.807, 2.05) is 25.1 Å². The van der Waals surface area contributed by atoms with Gasteiger partial charge in [-0.15, -0.1) is 0 Å². The molecule has 0 aliphatic heterocycles. The van der Waals surface area contributed by atoms with Crippen LogP contribution in [0.4, 0.5) is 0 Å². The first kappa shape index (κ1) is 21.0. The molecule has 0 aromatic heterocycles. The van der Waals surface area contributed by atoms with Crippen LogP contribution in [-0.2, 0) is 0 Å². The molecule has 0 heterocycles. The number of hydrogen-bond acceptors (Lipinski definition) is 4. The fourth-order valence-electron chi connectivity index (χ4n) is 2.67. The van der Waals surface area contributed by atoms with E-state index in [2.05, 4.69) is 75.3 Å². The SMILES string of the molecule is C=C(NC(/N=C(/c1ccccc1)c1cc(C)ccc1C)C(=C)C)C(N)CS.